The highest BCUT2D eigenvalue weighted by Gasteiger charge is 2.35. The highest BCUT2D eigenvalue weighted by molar-refractivity contribution is 5.57. The topological polar surface area (TPSA) is 102 Å². The monoisotopic (exact) mass is 398 g/mol. The van der Waals surface area contributed by atoms with Gasteiger partial charge in [0.2, 0.25) is 0 Å². The molecule has 0 spiro atoms. The van der Waals surface area contributed by atoms with Gasteiger partial charge in [0.25, 0.3) is 0 Å². The van der Waals surface area contributed by atoms with Gasteiger partial charge in [0.1, 0.15) is 23.8 Å². The lowest BCUT2D eigenvalue weighted by Crippen LogP contribution is -2.39. The molecule has 0 N–H and O–H groups in total. The van der Waals surface area contributed by atoms with E-state index in [9.17, 15) is 15.8 Å². The Kier molecular flexibility index (Phi) is 8.68. The van der Waals surface area contributed by atoms with Crippen LogP contribution in [0.2, 0.25) is 0 Å². The molecule has 1 heterocycles. The van der Waals surface area contributed by atoms with E-state index in [1.54, 1.807) is 7.11 Å². The van der Waals surface area contributed by atoms with E-state index in [1.165, 1.54) is 0 Å². The van der Waals surface area contributed by atoms with E-state index < -0.39 is 0 Å². The van der Waals surface area contributed by atoms with E-state index in [4.69, 9.17) is 14.2 Å². The number of hydrogen-bond acceptors (Lipinski definition) is 7. The average molecular weight is 399 g/mol. The van der Waals surface area contributed by atoms with E-state index in [0.29, 0.717) is 44.0 Å². The van der Waals surface area contributed by atoms with Crippen molar-refractivity contribution < 1.29 is 14.2 Å². The lowest BCUT2D eigenvalue weighted by Gasteiger charge is -2.41. The first-order chi connectivity index (χ1) is 14.0. The van der Waals surface area contributed by atoms with Crippen molar-refractivity contribution in [1.29, 1.82) is 15.8 Å². The summed E-state index contributed by atoms with van der Waals surface area (Å²) in [5.41, 5.74) is 2.02. The third-order valence-corrected chi connectivity index (χ3v) is 5.37. The van der Waals surface area contributed by atoms with Gasteiger partial charge in [0.05, 0.1) is 38.1 Å². The van der Waals surface area contributed by atoms with Crippen LogP contribution in [0.15, 0.2) is 22.4 Å². The van der Waals surface area contributed by atoms with Gasteiger partial charge in [-0.1, -0.05) is 13.8 Å². The van der Waals surface area contributed by atoms with Crippen LogP contribution in [0.25, 0.3) is 0 Å². The third kappa shape index (κ3) is 6.31. The quantitative estimate of drug-likeness (QED) is 0.457. The Morgan fingerprint density at radius 1 is 1.03 bits per heavy atom. The zero-order valence-corrected chi connectivity index (χ0v) is 17.7. The zero-order chi connectivity index (χ0) is 21.3. The van der Waals surface area contributed by atoms with Crippen LogP contribution < -0.4 is 0 Å². The highest BCUT2D eigenvalue weighted by atomic mass is 16.5. The summed E-state index contributed by atoms with van der Waals surface area (Å²) in [5.74, 6) is 0. The van der Waals surface area contributed by atoms with Crippen molar-refractivity contribution in [3.05, 3.63) is 22.4 Å². The molecular weight excluding hydrogens is 368 g/mol. The van der Waals surface area contributed by atoms with Gasteiger partial charge in [0.15, 0.2) is 0 Å². The Morgan fingerprint density at radius 2 is 1.69 bits per heavy atom. The molecule has 7 heteroatoms. The fraction of sp³-hybridized carbons (Fsp3) is 0.682. The molecule has 0 aromatic carbocycles. The van der Waals surface area contributed by atoms with Gasteiger partial charge in [-0.3, -0.25) is 0 Å². The van der Waals surface area contributed by atoms with Crippen LogP contribution in [0, 0.1) is 39.4 Å². The zero-order valence-electron chi connectivity index (χ0n) is 17.7. The van der Waals surface area contributed by atoms with Crippen LogP contribution in [0.1, 0.15) is 39.5 Å². The van der Waals surface area contributed by atoms with Gasteiger partial charge in [0, 0.05) is 31.5 Å². The smallest absolute Gasteiger partial charge is 0.134 e. The molecule has 1 saturated heterocycles. The molecule has 0 amide bonds. The lowest BCUT2D eigenvalue weighted by atomic mass is 9.72. The van der Waals surface area contributed by atoms with Crippen LogP contribution in [0.5, 0.6) is 0 Å². The number of ether oxygens (including phenoxy) is 3. The van der Waals surface area contributed by atoms with Crippen LogP contribution in [-0.2, 0) is 14.2 Å². The van der Waals surface area contributed by atoms with Crippen molar-refractivity contribution in [3.8, 4) is 18.2 Å². The summed E-state index contributed by atoms with van der Waals surface area (Å²) in [5, 5.41) is 28.5. The molecule has 0 atom stereocenters. The summed E-state index contributed by atoms with van der Waals surface area (Å²) in [4.78, 5) is 2.24. The summed E-state index contributed by atoms with van der Waals surface area (Å²) in [6.45, 7) is 8.11. The van der Waals surface area contributed by atoms with Crippen LogP contribution in [0.4, 0.5) is 0 Å². The van der Waals surface area contributed by atoms with E-state index in [0.717, 1.165) is 38.0 Å². The maximum absolute atomic E-state index is 9.79. The molecule has 0 unspecified atom stereocenters. The SMILES string of the molecule is COCCOCCOC1CCN(C2=C(C#N)C(=C(C#N)C#N)CC(C)(C)C2)CC1. The second-order valence-corrected chi connectivity index (χ2v) is 8.19. The van der Waals surface area contributed by atoms with Gasteiger partial charge in [-0.15, -0.1) is 0 Å². The lowest BCUT2D eigenvalue weighted by molar-refractivity contribution is -0.0260. The summed E-state index contributed by atoms with van der Waals surface area (Å²) in [6, 6.07) is 6.22. The molecule has 2 rings (SSSR count). The number of allylic oxidation sites excluding steroid dienone is 4. The van der Waals surface area contributed by atoms with Gasteiger partial charge in [-0.05, 0) is 31.1 Å². The molecule has 29 heavy (non-hydrogen) atoms. The Balaban J connectivity index is 2.03. The number of hydrogen-bond donors (Lipinski definition) is 0. The minimum Gasteiger partial charge on any atom is -0.382 e. The molecule has 2 aliphatic rings. The second-order valence-electron chi connectivity index (χ2n) is 8.19. The summed E-state index contributed by atoms with van der Waals surface area (Å²) < 4.78 is 16.3. The Labute approximate surface area is 173 Å². The molecule has 0 aromatic heterocycles. The van der Waals surface area contributed by atoms with Gasteiger partial charge >= 0.3 is 0 Å². The average Bonchev–Trinajstić information content (AvgIpc) is 2.71. The van der Waals surface area contributed by atoms with E-state index in [1.807, 2.05) is 12.1 Å². The number of nitrogens with zero attached hydrogens (tertiary/aromatic N) is 4. The summed E-state index contributed by atoms with van der Waals surface area (Å²) >= 11 is 0. The molecule has 0 saturated carbocycles. The van der Waals surface area contributed by atoms with E-state index in [2.05, 4.69) is 24.8 Å². The third-order valence-electron chi connectivity index (χ3n) is 5.37. The molecule has 0 aromatic rings. The number of piperidine rings is 1. The normalized spacial score (nSPS) is 19.4. The first-order valence-corrected chi connectivity index (χ1v) is 10.1. The predicted octanol–water partition coefficient (Wildman–Crippen LogP) is 3.07. The minimum atomic E-state index is -0.100. The molecule has 1 fully saturated rings. The van der Waals surface area contributed by atoms with Gasteiger partial charge < -0.3 is 19.1 Å². The Bertz CT molecular complexity index is 740. The van der Waals surface area contributed by atoms with Gasteiger partial charge in [-0.2, -0.15) is 15.8 Å². The molecule has 7 nitrogen and oxygen atoms in total. The van der Waals surface area contributed by atoms with Crippen molar-refractivity contribution in [1.82, 2.24) is 4.90 Å². The molecule has 1 aliphatic carbocycles. The largest absolute Gasteiger partial charge is 0.382 e. The standard InChI is InChI=1S/C22H30N4O3/c1-22(2)12-19(17(14-23)15-24)20(16-25)21(13-22)26-6-4-18(5-7-26)29-11-10-28-9-8-27-3/h18H,4-13H2,1-3H3. The van der Waals surface area contributed by atoms with Gasteiger partial charge in [-0.25, -0.2) is 0 Å². The van der Waals surface area contributed by atoms with Crippen LogP contribution in [-0.4, -0.2) is 57.6 Å². The van der Waals surface area contributed by atoms with Crippen LogP contribution in [0.3, 0.4) is 0 Å². The molecular formula is C22H30N4O3. The number of likely N-dealkylation sites (tertiary alicyclic amines) is 1. The van der Waals surface area contributed by atoms with Crippen molar-refractivity contribution in [3.63, 3.8) is 0 Å². The summed E-state index contributed by atoms with van der Waals surface area (Å²) in [6.07, 6.45) is 3.27. The van der Waals surface area contributed by atoms with Crippen molar-refractivity contribution in [2.24, 2.45) is 5.41 Å². The van der Waals surface area contributed by atoms with Crippen LogP contribution >= 0.6 is 0 Å². The fourth-order valence-corrected chi connectivity index (χ4v) is 3.93. The minimum absolute atomic E-state index is 0.0542. The van der Waals surface area contributed by atoms with Crippen molar-refractivity contribution in [2.75, 3.05) is 46.6 Å². The number of rotatable bonds is 8. The molecule has 156 valence electrons. The first kappa shape index (κ1) is 22.9. The second kappa shape index (κ2) is 11.0. The number of methoxy groups -OCH3 is 1. The molecule has 1 aliphatic heterocycles. The van der Waals surface area contributed by atoms with Crippen molar-refractivity contribution in [2.45, 2.75) is 45.6 Å². The maximum Gasteiger partial charge on any atom is 0.134 e. The van der Waals surface area contributed by atoms with E-state index >= 15 is 0 Å². The van der Waals surface area contributed by atoms with E-state index in [-0.39, 0.29) is 17.1 Å². The molecule has 0 bridgehead atoms. The molecule has 0 radical (unpaired) electrons. The number of nitriles is 3. The highest BCUT2D eigenvalue weighted by Crippen LogP contribution is 2.44. The Hall–Kier alpha value is -2.37. The first-order valence-electron chi connectivity index (χ1n) is 10.1. The summed E-state index contributed by atoms with van der Waals surface area (Å²) in [7, 11) is 1.65. The van der Waals surface area contributed by atoms with Crippen molar-refractivity contribution >= 4 is 0 Å². The fourth-order valence-electron chi connectivity index (χ4n) is 3.93. The Morgan fingerprint density at radius 3 is 2.28 bits per heavy atom. The maximum atomic E-state index is 9.79. The predicted molar refractivity (Wildman–Crippen MR) is 107 cm³/mol.